The summed E-state index contributed by atoms with van der Waals surface area (Å²) >= 11 is -1.09. The average molecular weight is 269 g/mol. The highest BCUT2D eigenvalue weighted by Gasteiger charge is 2.28. The number of rotatable bonds is 3. The fourth-order valence-electron chi connectivity index (χ4n) is 1.59. The fraction of sp³-hybridized carbons (Fsp3) is 0.538. The monoisotopic (exact) mass is 269 g/mol. The Kier molecular flexibility index (Phi) is 3.75. The molecule has 5 heteroatoms. The Bertz CT molecular complexity index is 431. The molecule has 1 aliphatic heterocycles. The van der Waals surface area contributed by atoms with E-state index < -0.39 is 11.4 Å². The molecule has 0 saturated heterocycles. The predicted octanol–water partition coefficient (Wildman–Crippen LogP) is 2.53. The highest BCUT2D eigenvalue weighted by molar-refractivity contribution is 7.90. The fourth-order valence-corrected chi connectivity index (χ4v) is 2.40. The van der Waals surface area contributed by atoms with E-state index in [-0.39, 0.29) is 17.6 Å². The van der Waals surface area contributed by atoms with Gasteiger partial charge in [0.05, 0.1) is 6.04 Å². The van der Waals surface area contributed by atoms with E-state index in [1.807, 2.05) is 45.9 Å². The molecule has 2 atom stereocenters. The maximum atomic E-state index is 12.0. The van der Waals surface area contributed by atoms with Gasteiger partial charge in [-0.15, -0.1) is 4.72 Å². The Morgan fingerprint density at radius 1 is 1.28 bits per heavy atom. The van der Waals surface area contributed by atoms with E-state index in [1.54, 1.807) is 0 Å². The van der Waals surface area contributed by atoms with Crippen LogP contribution in [0, 0.1) is 0 Å². The standard InChI is InChI=1S/C13H19NO3S/c1-9(14-18(15)13(2,3)4)10-5-6-11-12(7-10)17-8-16-11/h5-7,9,14H,8H2,1-4H3. The largest absolute Gasteiger partial charge is 0.598 e. The summed E-state index contributed by atoms with van der Waals surface area (Å²) in [5.41, 5.74) is 1.04. The molecule has 0 aromatic heterocycles. The van der Waals surface area contributed by atoms with Crippen molar-refractivity contribution in [1.82, 2.24) is 4.72 Å². The van der Waals surface area contributed by atoms with Gasteiger partial charge in [0.2, 0.25) is 6.79 Å². The van der Waals surface area contributed by atoms with E-state index >= 15 is 0 Å². The average Bonchev–Trinajstić information content (AvgIpc) is 2.74. The van der Waals surface area contributed by atoms with E-state index in [1.165, 1.54) is 0 Å². The number of fused-ring (bicyclic) bond motifs is 1. The summed E-state index contributed by atoms with van der Waals surface area (Å²) < 4.78 is 25.5. The van der Waals surface area contributed by atoms with Crippen molar-refractivity contribution >= 4 is 11.4 Å². The summed E-state index contributed by atoms with van der Waals surface area (Å²) in [4.78, 5) is 0. The first-order valence-corrected chi connectivity index (χ1v) is 7.10. The molecule has 1 aromatic rings. The molecule has 0 amide bonds. The molecule has 100 valence electrons. The van der Waals surface area contributed by atoms with Crippen LogP contribution >= 0.6 is 0 Å². The van der Waals surface area contributed by atoms with Crippen LogP contribution in [-0.2, 0) is 11.4 Å². The first kappa shape index (κ1) is 13.5. The molecular weight excluding hydrogens is 250 g/mol. The van der Waals surface area contributed by atoms with Crippen LogP contribution in [0.2, 0.25) is 0 Å². The molecule has 2 unspecified atom stereocenters. The minimum absolute atomic E-state index is 0.000409. The third kappa shape index (κ3) is 2.91. The molecule has 18 heavy (non-hydrogen) atoms. The molecule has 0 aliphatic carbocycles. The highest BCUT2D eigenvalue weighted by atomic mass is 32.2. The van der Waals surface area contributed by atoms with Gasteiger partial charge in [0.1, 0.15) is 4.75 Å². The maximum Gasteiger partial charge on any atom is 0.231 e. The maximum absolute atomic E-state index is 12.0. The van der Waals surface area contributed by atoms with Gasteiger partial charge in [-0.25, -0.2) is 0 Å². The molecule has 0 radical (unpaired) electrons. The van der Waals surface area contributed by atoms with Crippen LogP contribution in [0.15, 0.2) is 18.2 Å². The molecule has 0 saturated carbocycles. The van der Waals surface area contributed by atoms with Crippen molar-refractivity contribution in [1.29, 1.82) is 0 Å². The van der Waals surface area contributed by atoms with Crippen molar-refractivity contribution in [2.45, 2.75) is 38.5 Å². The summed E-state index contributed by atoms with van der Waals surface area (Å²) in [6.45, 7) is 8.10. The highest BCUT2D eigenvalue weighted by Crippen LogP contribution is 2.34. The molecule has 4 nitrogen and oxygen atoms in total. The second-order valence-corrected chi connectivity index (χ2v) is 7.33. The first-order valence-electron chi connectivity index (χ1n) is 5.95. The van der Waals surface area contributed by atoms with Gasteiger partial charge in [-0.1, -0.05) is 6.07 Å². The van der Waals surface area contributed by atoms with Gasteiger partial charge in [-0.2, -0.15) is 0 Å². The molecule has 0 fully saturated rings. The summed E-state index contributed by atoms with van der Waals surface area (Å²) in [5, 5.41) is 0. The molecular formula is C13H19NO3S. The van der Waals surface area contributed by atoms with E-state index in [0.717, 1.165) is 17.1 Å². The van der Waals surface area contributed by atoms with Gasteiger partial charge in [-0.05, 0) is 45.4 Å². The Morgan fingerprint density at radius 2 is 1.94 bits per heavy atom. The number of ether oxygens (including phenoxy) is 2. The topological polar surface area (TPSA) is 53.5 Å². The van der Waals surface area contributed by atoms with Gasteiger partial charge in [0.15, 0.2) is 11.5 Å². The van der Waals surface area contributed by atoms with Crippen LogP contribution in [0.1, 0.15) is 39.3 Å². The minimum Gasteiger partial charge on any atom is -0.598 e. The third-order valence-electron chi connectivity index (χ3n) is 2.74. The summed E-state index contributed by atoms with van der Waals surface area (Å²) in [6.07, 6.45) is 0. The lowest BCUT2D eigenvalue weighted by molar-refractivity contribution is 0.174. The molecule has 1 aromatic carbocycles. The van der Waals surface area contributed by atoms with Crippen LogP contribution in [0.3, 0.4) is 0 Å². The van der Waals surface area contributed by atoms with E-state index in [2.05, 4.69) is 4.72 Å². The zero-order valence-corrected chi connectivity index (χ0v) is 12.0. The Morgan fingerprint density at radius 3 is 2.61 bits per heavy atom. The van der Waals surface area contributed by atoms with Crippen LogP contribution in [0.5, 0.6) is 11.5 Å². The quantitative estimate of drug-likeness (QED) is 0.857. The second kappa shape index (κ2) is 4.99. The van der Waals surface area contributed by atoms with Crippen molar-refractivity contribution in [3.8, 4) is 11.5 Å². The molecule has 0 bridgehead atoms. The molecule has 1 heterocycles. The third-order valence-corrected chi connectivity index (χ3v) is 4.42. The second-order valence-electron chi connectivity index (χ2n) is 5.33. The summed E-state index contributed by atoms with van der Waals surface area (Å²) in [5.74, 6) is 1.52. The lowest BCUT2D eigenvalue weighted by Gasteiger charge is -2.26. The van der Waals surface area contributed by atoms with Crippen molar-refractivity contribution in [2.24, 2.45) is 0 Å². The summed E-state index contributed by atoms with van der Waals surface area (Å²) in [7, 11) is 0. The summed E-state index contributed by atoms with van der Waals surface area (Å²) in [6, 6.07) is 5.78. The van der Waals surface area contributed by atoms with E-state index in [4.69, 9.17) is 9.47 Å². The lowest BCUT2D eigenvalue weighted by atomic mass is 10.1. The number of hydrogen-bond donors (Lipinski definition) is 1. The first-order chi connectivity index (χ1) is 8.38. The molecule has 2 rings (SSSR count). The molecule has 1 aliphatic rings. The predicted molar refractivity (Wildman–Crippen MR) is 72.0 cm³/mol. The number of nitrogens with one attached hydrogen (secondary N) is 1. The van der Waals surface area contributed by atoms with Gasteiger partial charge in [0.25, 0.3) is 0 Å². The van der Waals surface area contributed by atoms with Gasteiger partial charge in [-0.3, -0.25) is 0 Å². The smallest absolute Gasteiger partial charge is 0.231 e. The zero-order valence-electron chi connectivity index (χ0n) is 11.1. The van der Waals surface area contributed by atoms with Gasteiger partial charge < -0.3 is 14.0 Å². The van der Waals surface area contributed by atoms with Crippen LogP contribution < -0.4 is 14.2 Å². The Balaban J connectivity index is 2.07. The number of hydrogen-bond acceptors (Lipinski definition) is 4. The minimum atomic E-state index is -1.09. The van der Waals surface area contributed by atoms with Crippen LogP contribution in [-0.4, -0.2) is 16.1 Å². The normalized spacial score (nSPS) is 17.6. The SMILES string of the molecule is CC(N[S+]([O-])C(C)(C)C)c1ccc2c(c1)OCO2. The Hall–Kier alpha value is -0.910. The van der Waals surface area contributed by atoms with E-state index in [0.29, 0.717) is 0 Å². The van der Waals surface area contributed by atoms with Crippen LogP contribution in [0.25, 0.3) is 0 Å². The van der Waals surface area contributed by atoms with Gasteiger partial charge >= 0.3 is 0 Å². The van der Waals surface area contributed by atoms with Crippen molar-refractivity contribution in [3.05, 3.63) is 23.8 Å². The van der Waals surface area contributed by atoms with Crippen molar-refractivity contribution in [3.63, 3.8) is 0 Å². The van der Waals surface area contributed by atoms with E-state index in [9.17, 15) is 4.55 Å². The number of benzene rings is 1. The van der Waals surface area contributed by atoms with Crippen LogP contribution in [0.4, 0.5) is 0 Å². The Labute approximate surface area is 111 Å². The van der Waals surface area contributed by atoms with Gasteiger partial charge in [0, 0.05) is 11.4 Å². The van der Waals surface area contributed by atoms with Crippen molar-refractivity contribution in [2.75, 3.05) is 6.79 Å². The molecule has 0 spiro atoms. The van der Waals surface area contributed by atoms with Crippen molar-refractivity contribution < 1.29 is 14.0 Å². The molecule has 1 N–H and O–H groups in total. The zero-order chi connectivity index (χ0) is 13.3. The lowest BCUT2D eigenvalue weighted by Crippen LogP contribution is -2.40.